The third-order valence-electron chi connectivity index (χ3n) is 2.67. The molecule has 0 aliphatic heterocycles. The van der Waals surface area contributed by atoms with Crippen LogP contribution in [0.3, 0.4) is 0 Å². The van der Waals surface area contributed by atoms with Crippen LogP contribution in [0.5, 0.6) is 0 Å². The molecule has 0 radical (unpaired) electrons. The van der Waals surface area contributed by atoms with Crippen LogP contribution in [0.15, 0.2) is 57.8 Å². The molecule has 3 rings (SSSR count). The van der Waals surface area contributed by atoms with Gasteiger partial charge in [-0.3, -0.25) is 4.55 Å². The summed E-state index contributed by atoms with van der Waals surface area (Å²) in [6, 6.07) is 13.1. The van der Waals surface area contributed by atoms with E-state index in [4.69, 9.17) is 8.97 Å². The first-order chi connectivity index (χ1) is 9.04. The average Bonchev–Trinajstić information content (AvgIpc) is 2.81. The number of rotatable bonds is 2. The van der Waals surface area contributed by atoms with Crippen LogP contribution in [-0.2, 0) is 10.1 Å². The first kappa shape index (κ1) is 11.9. The van der Waals surface area contributed by atoms with Crippen LogP contribution in [0.4, 0.5) is 0 Å². The average molecular weight is 275 g/mol. The molecule has 0 saturated carbocycles. The maximum Gasteiger partial charge on any atom is 0.294 e. The van der Waals surface area contributed by atoms with Crippen molar-refractivity contribution in [1.82, 2.24) is 4.98 Å². The molecule has 2 aromatic carbocycles. The molecule has 0 spiro atoms. The van der Waals surface area contributed by atoms with Crippen molar-refractivity contribution in [3.8, 4) is 11.5 Å². The molecule has 5 nitrogen and oxygen atoms in total. The molecule has 1 aromatic heterocycles. The molecule has 0 atom stereocenters. The van der Waals surface area contributed by atoms with Gasteiger partial charge in [0, 0.05) is 5.56 Å². The molecule has 0 aliphatic rings. The van der Waals surface area contributed by atoms with Crippen LogP contribution in [0.2, 0.25) is 0 Å². The van der Waals surface area contributed by atoms with Crippen molar-refractivity contribution in [2.24, 2.45) is 0 Å². The highest BCUT2D eigenvalue weighted by Gasteiger charge is 2.13. The lowest BCUT2D eigenvalue weighted by Crippen LogP contribution is -1.97. The second kappa shape index (κ2) is 4.18. The monoisotopic (exact) mass is 275 g/mol. The quantitative estimate of drug-likeness (QED) is 0.727. The predicted molar refractivity (Wildman–Crippen MR) is 69.3 cm³/mol. The maximum absolute atomic E-state index is 11.1. The molecule has 96 valence electrons. The topological polar surface area (TPSA) is 80.4 Å². The summed E-state index contributed by atoms with van der Waals surface area (Å²) < 4.78 is 36.7. The molecule has 0 bridgehead atoms. The van der Waals surface area contributed by atoms with Crippen LogP contribution in [0.1, 0.15) is 0 Å². The van der Waals surface area contributed by atoms with Gasteiger partial charge in [0.05, 0.1) is 4.90 Å². The minimum Gasteiger partial charge on any atom is -0.436 e. The van der Waals surface area contributed by atoms with Crippen molar-refractivity contribution < 1.29 is 17.4 Å². The Morgan fingerprint density at radius 1 is 1.05 bits per heavy atom. The van der Waals surface area contributed by atoms with Crippen LogP contribution < -0.4 is 0 Å². The van der Waals surface area contributed by atoms with E-state index in [1.165, 1.54) is 18.2 Å². The maximum atomic E-state index is 11.1. The first-order valence-electron chi connectivity index (χ1n) is 5.47. The summed E-state index contributed by atoms with van der Waals surface area (Å²) in [5.74, 6) is 0.312. The van der Waals surface area contributed by atoms with Gasteiger partial charge in [0.15, 0.2) is 5.58 Å². The van der Waals surface area contributed by atoms with Gasteiger partial charge in [-0.05, 0) is 30.3 Å². The molecule has 0 aliphatic carbocycles. The van der Waals surface area contributed by atoms with E-state index in [1.807, 2.05) is 12.1 Å². The Balaban J connectivity index is 2.16. The third-order valence-corrected chi connectivity index (χ3v) is 3.52. The molecule has 3 aromatic rings. The Morgan fingerprint density at radius 2 is 1.84 bits per heavy atom. The van der Waals surface area contributed by atoms with Gasteiger partial charge in [0.2, 0.25) is 5.89 Å². The van der Waals surface area contributed by atoms with E-state index in [0.29, 0.717) is 22.6 Å². The highest BCUT2D eigenvalue weighted by atomic mass is 32.2. The second-order valence-electron chi connectivity index (χ2n) is 3.99. The normalized spacial score (nSPS) is 11.8. The fraction of sp³-hybridized carbons (Fsp3) is 0. The van der Waals surface area contributed by atoms with Crippen LogP contribution in [0.25, 0.3) is 22.6 Å². The molecule has 0 saturated heterocycles. The van der Waals surface area contributed by atoms with E-state index < -0.39 is 10.1 Å². The highest BCUT2D eigenvalue weighted by molar-refractivity contribution is 7.85. The Bertz CT molecular complexity index is 819. The standard InChI is InChI=1S/C13H9NO4S/c15-19(16,17)10-5-3-4-9(8-10)13-14-11-6-1-2-7-12(11)18-13/h1-8H,(H,15,16,17). The van der Waals surface area contributed by atoms with E-state index >= 15 is 0 Å². The fourth-order valence-corrected chi connectivity index (χ4v) is 2.31. The number of oxazole rings is 1. The van der Waals surface area contributed by atoms with Crippen molar-refractivity contribution >= 4 is 21.2 Å². The van der Waals surface area contributed by atoms with Crippen molar-refractivity contribution in [3.63, 3.8) is 0 Å². The van der Waals surface area contributed by atoms with Crippen molar-refractivity contribution in [1.29, 1.82) is 0 Å². The lowest BCUT2D eigenvalue weighted by Gasteiger charge is -1.99. The van der Waals surface area contributed by atoms with E-state index in [-0.39, 0.29) is 4.90 Å². The number of fused-ring (bicyclic) bond motifs is 1. The van der Waals surface area contributed by atoms with E-state index in [0.717, 1.165) is 0 Å². The zero-order chi connectivity index (χ0) is 13.5. The van der Waals surface area contributed by atoms with Gasteiger partial charge in [0.1, 0.15) is 5.52 Å². The van der Waals surface area contributed by atoms with E-state index in [9.17, 15) is 8.42 Å². The number of benzene rings is 2. The SMILES string of the molecule is O=S(=O)(O)c1cccc(-c2nc3ccccc3o2)c1. The Labute approximate surface area is 109 Å². The molecule has 1 heterocycles. The number of nitrogens with zero attached hydrogens (tertiary/aromatic N) is 1. The number of hydrogen-bond donors (Lipinski definition) is 1. The Hall–Kier alpha value is -2.18. The molecule has 0 fully saturated rings. The summed E-state index contributed by atoms with van der Waals surface area (Å²) in [5, 5.41) is 0. The van der Waals surface area contributed by atoms with Gasteiger partial charge >= 0.3 is 0 Å². The van der Waals surface area contributed by atoms with Crippen molar-refractivity contribution in [2.75, 3.05) is 0 Å². The van der Waals surface area contributed by atoms with Crippen LogP contribution >= 0.6 is 0 Å². The van der Waals surface area contributed by atoms with Gasteiger partial charge in [0.25, 0.3) is 10.1 Å². The van der Waals surface area contributed by atoms with E-state index in [1.54, 1.807) is 18.2 Å². The third kappa shape index (κ3) is 2.23. The predicted octanol–water partition coefficient (Wildman–Crippen LogP) is 2.74. The lowest BCUT2D eigenvalue weighted by molar-refractivity contribution is 0.483. The van der Waals surface area contributed by atoms with Crippen molar-refractivity contribution in [3.05, 3.63) is 48.5 Å². The summed E-state index contributed by atoms with van der Waals surface area (Å²) in [6.45, 7) is 0. The molecule has 0 unspecified atom stereocenters. The molecular weight excluding hydrogens is 266 g/mol. The van der Waals surface area contributed by atoms with E-state index in [2.05, 4.69) is 4.98 Å². The smallest absolute Gasteiger partial charge is 0.294 e. The summed E-state index contributed by atoms with van der Waals surface area (Å²) in [6.07, 6.45) is 0. The summed E-state index contributed by atoms with van der Waals surface area (Å²) in [4.78, 5) is 4.08. The Kier molecular flexibility index (Phi) is 2.62. The highest BCUT2D eigenvalue weighted by Crippen LogP contribution is 2.25. The summed E-state index contributed by atoms with van der Waals surface area (Å²) >= 11 is 0. The van der Waals surface area contributed by atoms with Gasteiger partial charge in [-0.25, -0.2) is 4.98 Å². The van der Waals surface area contributed by atoms with Gasteiger partial charge in [-0.15, -0.1) is 0 Å². The van der Waals surface area contributed by atoms with Crippen LogP contribution in [-0.4, -0.2) is 18.0 Å². The fourth-order valence-electron chi connectivity index (χ4n) is 1.79. The van der Waals surface area contributed by atoms with Crippen molar-refractivity contribution in [2.45, 2.75) is 4.90 Å². The minimum atomic E-state index is -4.23. The molecule has 19 heavy (non-hydrogen) atoms. The molecular formula is C13H9NO4S. The van der Waals surface area contributed by atoms with Crippen LogP contribution in [0, 0.1) is 0 Å². The molecule has 1 N–H and O–H groups in total. The second-order valence-corrected chi connectivity index (χ2v) is 5.41. The summed E-state index contributed by atoms with van der Waals surface area (Å²) in [7, 11) is -4.23. The number of hydrogen-bond acceptors (Lipinski definition) is 4. The largest absolute Gasteiger partial charge is 0.436 e. The summed E-state index contributed by atoms with van der Waals surface area (Å²) in [5.41, 5.74) is 1.80. The van der Waals surface area contributed by atoms with Gasteiger partial charge in [-0.2, -0.15) is 8.42 Å². The molecule has 6 heteroatoms. The number of para-hydroxylation sites is 2. The lowest BCUT2D eigenvalue weighted by atomic mass is 10.2. The Morgan fingerprint density at radius 3 is 2.58 bits per heavy atom. The van der Waals surface area contributed by atoms with Gasteiger partial charge < -0.3 is 4.42 Å². The number of aromatic nitrogens is 1. The minimum absolute atomic E-state index is 0.188. The zero-order valence-electron chi connectivity index (χ0n) is 9.65. The van der Waals surface area contributed by atoms with Gasteiger partial charge in [-0.1, -0.05) is 18.2 Å². The molecule has 0 amide bonds. The first-order valence-corrected chi connectivity index (χ1v) is 6.91. The zero-order valence-corrected chi connectivity index (χ0v) is 10.5.